The maximum Gasteiger partial charge on any atom is 0.536 e. The van der Waals surface area contributed by atoms with Crippen molar-refractivity contribution in [3.63, 3.8) is 0 Å². The van der Waals surface area contributed by atoms with E-state index < -0.39 is 8.80 Å². The molecular weight excluding hydrogens is 248 g/mol. The minimum atomic E-state index is -2.78. The maximum atomic E-state index is 5.83. The fraction of sp³-hybridized carbons (Fsp3) is 0.538. The largest absolute Gasteiger partial charge is 0.536 e. The molecule has 0 atom stereocenters. The topological polar surface area (TPSA) is 36.9 Å². The van der Waals surface area contributed by atoms with Gasteiger partial charge >= 0.3 is 8.80 Å². The van der Waals surface area contributed by atoms with Crippen LogP contribution in [0.2, 0.25) is 0 Å². The first-order chi connectivity index (χ1) is 8.37. The maximum absolute atomic E-state index is 5.83. The van der Waals surface area contributed by atoms with Crippen LogP contribution in [-0.4, -0.2) is 35.7 Å². The van der Waals surface area contributed by atoms with E-state index in [1.54, 1.807) is 21.3 Å². The minimum Gasteiger partial charge on any atom is -0.488 e. The molecule has 1 aromatic rings. The smallest absolute Gasteiger partial charge is 0.488 e. The van der Waals surface area contributed by atoms with Crippen LogP contribution >= 0.6 is 0 Å². The number of hydrogen-bond donors (Lipinski definition) is 0. The van der Waals surface area contributed by atoms with Crippen molar-refractivity contribution in [1.29, 1.82) is 0 Å². The molecular formula is C13H22O4Si. The average molecular weight is 270 g/mol. The van der Waals surface area contributed by atoms with Crippen molar-refractivity contribution in [2.24, 2.45) is 0 Å². The highest BCUT2D eigenvalue weighted by Crippen LogP contribution is 2.18. The summed E-state index contributed by atoms with van der Waals surface area (Å²) in [6, 6.07) is 7.66. The van der Waals surface area contributed by atoms with Crippen molar-refractivity contribution in [1.82, 2.24) is 0 Å². The van der Waals surface area contributed by atoms with E-state index in [9.17, 15) is 0 Å². The third kappa shape index (κ3) is 3.55. The van der Waals surface area contributed by atoms with Gasteiger partial charge in [-0.05, 0) is 32.9 Å². The van der Waals surface area contributed by atoms with E-state index in [1.165, 1.54) is 0 Å². The van der Waals surface area contributed by atoms with Crippen LogP contribution in [0.15, 0.2) is 24.3 Å². The van der Waals surface area contributed by atoms with E-state index >= 15 is 0 Å². The molecule has 0 fully saturated rings. The lowest BCUT2D eigenvalue weighted by Crippen LogP contribution is -2.54. The fourth-order valence-corrected chi connectivity index (χ4v) is 3.53. The first-order valence-corrected chi connectivity index (χ1v) is 7.54. The number of benzene rings is 1. The zero-order valence-electron chi connectivity index (χ0n) is 11.9. The highest BCUT2D eigenvalue weighted by atomic mass is 28.4. The summed E-state index contributed by atoms with van der Waals surface area (Å²) in [6.07, 6.45) is 0. The summed E-state index contributed by atoms with van der Waals surface area (Å²) >= 11 is 0. The summed E-state index contributed by atoms with van der Waals surface area (Å²) in [5, 5.41) is 0.886. The van der Waals surface area contributed by atoms with Gasteiger partial charge in [0.25, 0.3) is 0 Å². The Labute approximate surface area is 110 Å². The Bertz CT molecular complexity index is 375. The predicted molar refractivity (Wildman–Crippen MR) is 73.2 cm³/mol. The van der Waals surface area contributed by atoms with E-state index in [2.05, 4.69) is 0 Å². The van der Waals surface area contributed by atoms with Gasteiger partial charge in [-0.15, -0.1) is 0 Å². The van der Waals surface area contributed by atoms with Crippen molar-refractivity contribution in [2.75, 3.05) is 21.3 Å². The number of hydrogen-bond acceptors (Lipinski definition) is 4. The monoisotopic (exact) mass is 270 g/mol. The quantitative estimate of drug-likeness (QED) is 0.766. The van der Waals surface area contributed by atoms with E-state index in [4.69, 9.17) is 18.0 Å². The molecule has 0 aliphatic rings. The van der Waals surface area contributed by atoms with E-state index in [1.807, 2.05) is 45.0 Å². The third-order valence-electron chi connectivity index (χ3n) is 2.42. The molecule has 0 amide bonds. The van der Waals surface area contributed by atoms with Gasteiger partial charge in [-0.25, -0.2) is 0 Å². The van der Waals surface area contributed by atoms with Gasteiger partial charge in [0, 0.05) is 26.5 Å². The van der Waals surface area contributed by atoms with Crippen LogP contribution in [0.4, 0.5) is 0 Å². The molecule has 0 unspecified atom stereocenters. The molecule has 1 rings (SSSR count). The van der Waals surface area contributed by atoms with E-state index in [0.29, 0.717) is 0 Å². The Hall–Kier alpha value is -0.883. The summed E-state index contributed by atoms with van der Waals surface area (Å²) in [7, 11) is 2.00. The predicted octanol–water partition coefficient (Wildman–Crippen LogP) is 1.95. The molecule has 4 nitrogen and oxygen atoms in total. The van der Waals surface area contributed by atoms with Crippen LogP contribution in [-0.2, 0) is 13.3 Å². The highest BCUT2D eigenvalue weighted by molar-refractivity contribution is 6.75. The molecule has 0 saturated heterocycles. The molecule has 5 heteroatoms. The van der Waals surface area contributed by atoms with Crippen molar-refractivity contribution < 1.29 is 18.0 Å². The SMILES string of the molecule is CO[Si](OC)(OC)c1cccc(OC(C)(C)C)c1. The van der Waals surface area contributed by atoms with E-state index in [0.717, 1.165) is 10.9 Å². The van der Waals surface area contributed by atoms with Gasteiger partial charge in [-0.1, -0.05) is 12.1 Å². The molecule has 0 aliphatic carbocycles. The van der Waals surface area contributed by atoms with Gasteiger partial charge in [-0.2, -0.15) is 0 Å². The Morgan fingerprint density at radius 3 is 1.94 bits per heavy atom. The van der Waals surface area contributed by atoms with Crippen molar-refractivity contribution in [2.45, 2.75) is 26.4 Å². The lowest BCUT2D eigenvalue weighted by atomic mass is 10.2. The second-order valence-corrected chi connectivity index (χ2v) is 7.83. The molecule has 102 valence electrons. The second-order valence-electron chi connectivity index (χ2n) is 4.91. The molecule has 0 N–H and O–H groups in total. The fourth-order valence-electron chi connectivity index (χ4n) is 1.71. The van der Waals surface area contributed by atoms with Gasteiger partial charge < -0.3 is 18.0 Å². The van der Waals surface area contributed by atoms with Crippen LogP contribution in [0, 0.1) is 0 Å². The second kappa shape index (κ2) is 5.84. The normalized spacial score (nSPS) is 12.6. The van der Waals surface area contributed by atoms with Gasteiger partial charge in [-0.3, -0.25) is 0 Å². The lowest BCUT2D eigenvalue weighted by Gasteiger charge is -2.26. The molecule has 0 saturated carbocycles. The Kier molecular flexibility index (Phi) is 4.92. The average Bonchev–Trinajstić information content (AvgIpc) is 2.30. The first kappa shape index (κ1) is 15.2. The van der Waals surface area contributed by atoms with Crippen LogP contribution < -0.4 is 9.92 Å². The van der Waals surface area contributed by atoms with Crippen molar-refractivity contribution in [3.8, 4) is 5.75 Å². The summed E-state index contributed by atoms with van der Waals surface area (Å²) in [5.74, 6) is 0.781. The van der Waals surface area contributed by atoms with Crippen LogP contribution in [0.25, 0.3) is 0 Å². The first-order valence-electron chi connectivity index (χ1n) is 5.82. The standard InChI is InChI=1S/C13H22O4Si/c1-13(2,3)17-11-8-7-9-12(10-11)18(14-4,15-5)16-6/h7-10H,1-6H3. The summed E-state index contributed by atoms with van der Waals surface area (Å²) in [6.45, 7) is 6.02. The molecule has 1 aromatic carbocycles. The molecule has 18 heavy (non-hydrogen) atoms. The van der Waals surface area contributed by atoms with Gasteiger partial charge in [0.1, 0.15) is 11.4 Å². The number of ether oxygens (including phenoxy) is 1. The summed E-state index contributed by atoms with van der Waals surface area (Å²) in [5.41, 5.74) is -0.240. The van der Waals surface area contributed by atoms with Crippen LogP contribution in [0.1, 0.15) is 20.8 Å². The highest BCUT2D eigenvalue weighted by Gasteiger charge is 2.41. The van der Waals surface area contributed by atoms with Crippen molar-refractivity contribution in [3.05, 3.63) is 24.3 Å². The summed E-state index contributed by atoms with van der Waals surface area (Å²) < 4.78 is 22.2. The molecule has 0 aromatic heterocycles. The molecule has 0 spiro atoms. The zero-order chi connectivity index (χ0) is 13.8. The Balaban J connectivity index is 3.07. The Morgan fingerprint density at radius 2 is 1.50 bits per heavy atom. The lowest BCUT2D eigenvalue weighted by molar-refractivity contribution is 0.129. The van der Waals surface area contributed by atoms with E-state index in [-0.39, 0.29) is 5.60 Å². The molecule has 0 heterocycles. The van der Waals surface area contributed by atoms with Crippen LogP contribution in [0.3, 0.4) is 0 Å². The molecule has 0 bridgehead atoms. The zero-order valence-corrected chi connectivity index (χ0v) is 12.9. The number of rotatable bonds is 5. The van der Waals surface area contributed by atoms with Gasteiger partial charge in [0.15, 0.2) is 0 Å². The minimum absolute atomic E-state index is 0.240. The molecule has 0 radical (unpaired) electrons. The van der Waals surface area contributed by atoms with Crippen molar-refractivity contribution >= 4 is 14.0 Å². The van der Waals surface area contributed by atoms with Gasteiger partial charge in [0.05, 0.1) is 0 Å². The summed E-state index contributed by atoms with van der Waals surface area (Å²) in [4.78, 5) is 0. The molecule has 0 aliphatic heterocycles. The van der Waals surface area contributed by atoms with Gasteiger partial charge in [0.2, 0.25) is 0 Å². The third-order valence-corrected chi connectivity index (χ3v) is 5.05. The van der Waals surface area contributed by atoms with Crippen LogP contribution in [0.5, 0.6) is 5.75 Å². The Morgan fingerprint density at radius 1 is 0.944 bits per heavy atom.